The first-order valence-corrected chi connectivity index (χ1v) is 8.83. The minimum absolute atomic E-state index is 0.819. The Morgan fingerprint density at radius 2 is 1.58 bits per heavy atom. The van der Waals surface area contributed by atoms with Crippen LogP contribution in [0.4, 0.5) is 11.5 Å². The number of ether oxygens (including phenoxy) is 2. The van der Waals surface area contributed by atoms with Gasteiger partial charge in [-0.25, -0.2) is 4.98 Å². The predicted octanol–water partition coefficient (Wildman–Crippen LogP) is 3.58. The molecule has 2 heterocycles. The first-order valence-electron chi connectivity index (χ1n) is 8.04. The van der Waals surface area contributed by atoms with Crippen LogP contribution in [0.5, 0.6) is 11.5 Å². The van der Waals surface area contributed by atoms with Crippen molar-refractivity contribution in [2.75, 3.05) is 50.2 Å². The summed E-state index contributed by atoms with van der Waals surface area (Å²) >= 11 is 3.44. The van der Waals surface area contributed by atoms with Gasteiger partial charge in [0.05, 0.1) is 14.2 Å². The minimum atomic E-state index is 0.819. The first-order chi connectivity index (χ1) is 11.7. The Kier molecular flexibility index (Phi) is 5.45. The SMILES string of the molecule is COc1cc(OC)cc(N2CCCN(c3ccc(Br)cn3)CC2)c1. The average Bonchev–Trinajstić information content (AvgIpc) is 2.88. The van der Waals surface area contributed by atoms with Gasteiger partial charge in [-0.05, 0) is 34.5 Å². The van der Waals surface area contributed by atoms with Gasteiger partial charge in [0, 0.05) is 60.7 Å². The summed E-state index contributed by atoms with van der Waals surface area (Å²) in [6.45, 7) is 3.89. The van der Waals surface area contributed by atoms with E-state index in [1.54, 1.807) is 14.2 Å². The number of hydrogen-bond donors (Lipinski definition) is 0. The van der Waals surface area contributed by atoms with Gasteiger partial charge in [-0.2, -0.15) is 0 Å². The summed E-state index contributed by atoms with van der Waals surface area (Å²) in [5.74, 6) is 2.67. The molecule has 6 heteroatoms. The number of rotatable bonds is 4. The number of nitrogens with zero attached hydrogens (tertiary/aromatic N) is 3. The van der Waals surface area contributed by atoms with Crippen molar-refractivity contribution in [1.29, 1.82) is 0 Å². The number of halogens is 1. The summed E-state index contributed by atoms with van der Waals surface area (Å²) in [4.78, 5) is 9.23. The highest BCUT2D eigenvalue weighted by Gasteiger charge is 2.17. The summed E-state index contributed by atoms with van der Waals surface area (Å²) in [5, 5.41) is 0. The third-order valence-corrected chi connectivity index (χ3v) is 4.70. The number of benzene rings is 1. The second kappa shape index (κ2) is 7.75. The molecule has 0 saturated carbocycles. The van der Waals surface area contributed by atoms with Crippen molar-refractivity contribution < 1.29 is 9.47 Å². The Morgan fingerprint density at radius 3 is 2.21 bits per heavy atom. The summed E-state index contributed by atoms with van der Waals surface area (Å²) in [6.07, 6.45) is 2.93. The molecule has 0 radical (unpaired) electrons. The predicted molar refractivity (Wildman–Crippen MR) is 101 cm³/mol. The summed E-state index contributed by atoms with van der Waals surface area (Å²) in [7, 11) is 3.36. The van der Waals surface area contributed by atoms with Crippen molar-refractivity contribution in [2.45, 2.75) is 6.42 Å². The molecular formula is C18H22BrN3O2. The van der Waals surface area contributed by atoms with E-state index >= 15 is 0 Å². The van der Waals surface area contributed by atoms with Gasteiger partial charge in [0.15, 0.2) is 0 Å². The van der Waals surface area contributed by atoms with Gasteiger partial charge in [-0.3, -0.25) is 0 Å². The van der Waals surface area contributed by atoms with E-state index < -0.39 is 0 Å². The molecule has 0 amide bonds. The van der Waals surface area contributed by atoms with Crippen LogP contribution in [0.3, 0.4) is 0 Å². The number of hydrogen-bond acceptors (Lipinski definition) is 5. The third-order valence-electron chi connectivity index (χ3n) is 4.23. The Morgan fingerprint density at radius 1 is 0.917 bits per heavy atom. The zero-order chi connectivity index (χ0) is 16.9. The molecule has 0 spiro atoms. The molecular weight excluding hydrogens is 370 g/mol. The first kappa shape index (κ1) is 16.9. The second-order valence-corrected chi connectivity index (χ2v) is 6.65. The lowest BCUT2D eigenvalue weighted by atomic mass is 10.2. The van der Waals surface area contributed by atoms with Gasteiger partial charge in [0.2, 0.25) is 0 Å². The van der Waals surface area contributed by atoms with Crippen molar-refractivity contribution in [1.82, 2.24) is 4.98 Å². The molecule has 0 bridgehead atoms. The number of methoxy groups -OCH3 is 2. The van der Waals surface area contributed by atoms with Crippen molar-refractivity contribution >= 4 is 27.4 Å². The fourth-order valence-electron chi connectivity index (χ4n) is 2.93. The molecule has 0 unspecified atom stereocenters. The topological polar surface area (TPSA) is 37.8 Å². The molecule has 1 saturated heterocycles. The van der Waals surface area contributed by atoms with Crippen LogP contribution in [0, 0.1) is 0 Å². The molecule has 3 rings (SSSR count). The number of pyridine rings is 1. The lowest BCUT2D eigenvalue weighted by Gasteiger charge is -2.25. The van der Waals surface area contributed by atoms with E-state index in [1.165, 1.54) is 0 Å². The monoisotopic (exact) mass is 391 g/mol. The van der Waals surface area contributed by atoms with E-state index in [0.29, 0.717) is 0 Å². The van der Waals surface area contributed by atoms with E-state index in [2.05, 4.69) is 48.9 Å². The third kappa shape index (κ3) is 3.93. The van der Waals surface area contributed by atoms with Gasteiger partial charge < -0.3 is 19.3 Å². The minimum Gasteiger partial charge on any atom is -0.497 e. The van der Waals surface area contributed by atoms with Crippen LogP contribution in [-0.2, 0) is 0 Å². The van der Waals surface area contributed by atoms with E-state index in [9.17, 15) is 0 Å². The zero-order valence-corrected chi connectivity index (χ0v) is 15.6. The van der Waals surface area contributed by atoms with E-state index in [4.69, 9.17) is 9.47 Å². The molecule has 1 aromatic carbocycles. The lowest BCUT2D eigenvalue weighted by Crippen LogP contribution is -2.31. The lowest BCUT2D eigenvalue weighted by molar-refractivity contribution is 0.394. The van der Waals surface area contributed by atoms with Gasteiger partial charge in [-0.1, -0.05) is 0 Å². The van der Waals surface area contributed by atoms with E-state index in [0.717, 1.165) is 60.1 Å². The van der Waals surface area contributed by atoms with E-state index in [-0.39, 0.29) is 0 Å². The maximum absolute atomic E-state index is 5.39. The largest absolute Gasteiger partial charge is 0.497 e. The van der Waals surface area contributed by atoms with Crippen molar-refractivity contribution in [2.24, 2.45) is 0 Å². The van der Waals surface area contributed by atoms with Crippen LogP contribution in [0.2, 0.25) is 0 Å². The number of aromatic nitrogens is 1. The standard InChI is InChI=1S/C18H22BrN3O2/c1-23-16-10-15(11-17(12-16)24-2)21-6-3-7-22(9-8-21)18-5-4-14(19)13-20-18/h4-5,10-13H,3,6-9H2,1-2H3. The molecule has 1 aromatic heterocycles. The van der Waals surface area contributed by atoms with Crippen molar-refractivity contribution in [3.05, 3.63) is 41.0 Å². The highest BCUT2D eigenvalue weighted by molar-refractivity contribution is 9.10. The fourth-order valence-corrected chi connectivity index (χ4v) is 3.17. The molecule has 1 fully saturated rings. The van der Waals surface area contributed by atoms with Crippen LogP contribution in [-0.4, -0.2) is 45.4 Å². The van der Waals surface area contributed by atoms with E-state index in [1.807, 2.05) is 18.3 Å². The van der Waals surface area contributed by atoms with Gasteiger partial charge in [-0.15, -0.1) is 0 Å². The summed E-state index contributed by atoms with van der Waals surface area (Å²) in [6, 6.07) is 10.1. The molecule has 0 atom stereocenters. The quantitative estimate of drug-likeness (QED) is 0.795. The van der Waals surface area contributed by atoms with Crippen molar-refractivity contribution in [3.8, 4) is 11.5 Å². The van der Waals surface area contributed by atoms with Gasteiger partial charge in [0.25, 0.3) is 0 Å². The average molecular weight is 392 g/mol. The van der Waals surface area contributed by atoms with Crippen LogP contribution in [0.15, 0.2) is 41.0 Å². The molecule has 2 aromatic rings. The fraction of sp³-hybridized carbons (Fsp3) is 0.389. The Bertz CT molecular complexity index is 656. The molecule has 128 valence electrons. The molecule has 1 aliphatic heterocycles. The van der Waals surface area contributed by atoms with Crippen LogP contribution < -0.4 is 19.3 Å². The molecule has 5 nitrogen and oxygen atoms in total. The Hall–Kier alpha value is -1.95. The van der Waals surface area contributed by atoms with Crippen LogP contribution in [0.25, 0.3) is 0 Å². The molecule has 0 aliphatic carbocycles. The zero-order valence-electron chi connectivity index (χ0n) is 14.0. The second-order valence-electron chi connectivity index (χ2n) is 5.73. The maximum atomic E-state index is 5.39. The highest BCUT2D eigenvalue weighted by Crippen LogP contribution is 2.29. The molecule has 0 N–H and O–H groups in total. The Labute approximate surface area is 151 Å². The van der Waals surface area contributed by atoms with Crippen LogP contribution in [0.1, 0.15) is 6.42 Å². The highest BCUT2D eigenvalue weighted by atomic mass is 79.9. The molecule has 1 aliphatic rings. The smallest absolute Gasteiger partial charge is 0.128 e. The van der Waals surface area contributed by atoms with Gasteiger partial charge >= 0.3 is 0 Å². The Balaban J connectivity index is 1.74. The van der Waals surface area contributed by atoms with Gasteiger partial charge in [0.1, 0.15) is 17.3 Å². The van der Waals surface area contributed by atoms with Crippen LogP contribution >= 0.6 is 15.9 Å². The number of anilines is 2. The summed E-state index contributed by atoms with van der Waals surface area (Å²) in [5.41, 5.74) is 1.14. The summed E-state index contributed by atoms with van der Waals surface area (Å²) < 4.78 is 11.8. The maximum Gasteiger partial charge on any atom is 0.128 e. The molecule has 24 heavy (non-hydrogen) atoms. The normalized spacial score (nSPS) is 15.1. The van der Waals surface area contributed by atoms with Crippen molar-refractivity contribution in [3.63, 3.8) is 0 Å².